The number of carbonyl (C=O) groups is 2. The third-order valence-corrected chi connectivity index (χ3v) is 4.38. The molecule has 2 aromatic carbocycles. The van der Waals surface area contributed by atoms with Crippen molar-refractivity contribution in [3.8, 4) is 22.6 Å². The van der Waals surface area contributed by atoms with E-state index in [0.717, 1.165) is 0 Å². The second-order valence-electron chi connectivity index (χ2n) is 5.64. The van der Waals surface area contributed by atoms with Crippen molar-refractivity contribution in [2.24, 2.45) is 0 Å². The van der Waals surface area contributed by atoms with E-state index in [1.807, 2.05) is 0 Å². The maximum Gasteiger partial charge on any atom is 0.197 e. The molecule has 27 heavy (non-hydrogen) atoms. The van der Waals surface area contributed by atoms with Gasteiger partial charge in [-0.2, -0.15) is 0 Å². The molecule has 0 saturated carbocycles. The lowest BCUT2D eigenvalue weighted by atomic mass is 9.92. The number of carbonyl (C=O) groups excluding carboxylic acids is 2. The molecule has 136 valence electrons. The molecule has 0 amide bonds. The molecule has 1 aromatic heterocycles. The van der Waals surface area contributed by atoms with E-state index in [-0.39, 0.29) is 5.78 Å². The maximum absolute atomic E-state index is 13.3. The predicted octanol–water partition coefficient (Wildman–Crippen LogP) is 4.46. The van der Waals surface area contributed by atoms with Crippen LogP contribution >= 0.6 is 11.6 Å². The summed E-state index contributed by atoms with van der Waals surface area (Å²) in [4.78, 5) is 28.7. The van der Waals surface area contributed by atoms with Crippen LogP contribution in [0.25, 0.3) is 11.1 Å². The molecule has 0 fully saturated rings. The van der Waals surface area contributed by atoms with Crippen LogP contribution < -0.4 is 9.47 Å². The Morgan fingerprint density at radius 1 is 1.04 bits per heavy atom. The molecular formula is C21H16ClNO4. The summed E-state index contributed by atoms with van der Waals surface area (Å²) >= 11 is 6.15. The van der Waals surface area contributed by atoms with Crippen molar-refractivity contribution in [3.05, 3.63) is 76.6 Å². The van der Waals surface area contributed by atoms with E-state index in [2.05, 4.69) is 4.98 Å². The molecule has 5 nitrogen and oxygen atoms in total. The Hall–Kier alpha value is -3.18. The second-order valence-corrected chi connectivity index (χ2v) is 6.08. The summed E-state index contributed by atoms with van der Waals surface area (Å²) in [5.41, 5.74) is 2.25. The summed E-state index contributed by atoms with van der Waals surface area (Å²) in [5, 5.41) is 0.408. The number of ether oxygens (including phenoxy) is 2. The Labute approximate surface area is 161 Å². The van der Waals surface area contributed by atoms with Gasteiger partial charge in [-0.1, -0.05) is 23.7 Å². The zero-order chi connectivity index (χ0) is 19.4. The van der Waals surface area contributed by atoms with Crippen LogP contribution in [0, 0.1) is 0 Å². The molecule has 0 N–H and O–H groups in total. The molecule has 6 heteroatoms. The molecule has 0 unspecified atom stereocenters. The number of halogens is 1. The number of hydrogen-bond acceptors (Lipinski definition) is 5. The molecule has 0 bridgehead atoms. The monoisotopic (exact) mass is 381 g/mol. The van der Waals surface area contributed by atoms with Gasteiger partial charge >= 0.3 is 0 Å². The van der Waals surface area contributed by atoms with Crippen LogP contribution in [-0.4, -0.2) is 31.3 Å². The van der Waals surface area contributed by atoms with E-state index < -0.39 is 0 Å². The minimum atomic E-state index is -0.295. The highest BCUT2D eigenvalue weighted by Gasteiger charge is 2.22. The molecule has 0 spiro atoms. The number of rotatable bonds is 6. The van der Waals surface area contributed by atoms with E-state index in [4.69, 9.17) is 21.1 Å². The summed E-state index contributed by atoms with van der Waals surface area (Å²) in [6, 6.07) is 11.7. The van der Waals surface area contributed by atoms with Gasteiger partial charge in [0.15, 0.2) is 23.6 Å². The fourth-order valence-corrected chi connectivity index (χ4v) is 3.07. The summed E-state index contributed by atoms with van der Waals surface area (Å²) in [7, 11) is 2.98. The van der Waals surface area contributed by atoms with Crippen LogP contribution in [0.2, 0.25) is 5.02 Å². The summed E-state index contributed by atoms with van der Waals surface area (Å²) in [6.45, 7) is 0. The SMILES string of the molecule is COc1cccc(C(=O)c2cc(Cl)ccc2-c2ccncc2C=O)c1OC. The first-order chi connectivity index (χ1) is 13.1. The van der Waals surface area contributed by atoms with Crippen molar-refractivity contribution in [1.82, 2.24) is 4.98 Å². The Balaban J connectivity index is 2.23. The first kappa shape index (κ1) is 18.6. The van der Waals surface area contributed by atoms with Gasteiger partial charge in [0.1, 0.15) is 0 Å². The lowest BCUT2D eigenvalue weighted by Crippen LogP contribution is -2.07. The van der Waals surface area contributed by atoms with E-state index in [1.54, 1.807) is 48.7 Å². The average molecular weight is 382 g/mol. The van der Waals surface area contributed by atoms with Gasteiger partial charge in [0.05, 0.1) is 19.8 Å². The van der Waals surface area contributed by atoms with Gasteiger partial charge in [0, 0.05) is 28.5 Å². The number of aromatic nitrogens is 1. The van der Waals surface area contributed by atoms with Crippen LogP contribution in [0.5, 0.6) is 11.5 Å². The Bertz CT molecular complexity index is 1020. The Morgan fingerprint density at radius 3 is 2.56 bits per heavy atom. The first-order valence-corrected chi connectivity index (χ1v) is 8.43. The third kappa shape index (κ3) is 3.55. The standard InChI is InChI=1S/C21H16ClNO4/c1-26-19-5-3-4-17(21(19)27-2)20(25)18-10-14(22)6-7-16(18)15-8-9-23-11-13(15)12-24/h3-12H,1-2H3. The molecule has 1 heterocycles. The smallest absolute Gasteiger partial charge is 0.197 e. The maximum atomic E-state index is 13.3. The van der Waals surface area contributed by atoms with Crippen LogP contribution in [-0.2, 0) is 0 Å². The van der Waals surface area contributed by atoms with Crippen molar-refractivity contribution in [2.75, 3.05) is 14.2 Å². The quantitative estimate of drug-likeness (QED) is 0.465. The Morgan fingerprint density at radius 2 is 1.85 bits per heavy atom. The Kier molecular flexibility index (Phi) is 5.52. The van der Waals surface area contributed by atoms with Gasteiger partial charge in [0.25, 0.3) is 0 Å². The van der Waals surface area contributed by atoms with Crippen molar-refractivity contribution < 1.29 is 19.1 Å². The molecule has 0 radical (unpaired) electrons. The minimum Gasteiger partial charge on any atom is -0.493 e. The van der Waals surface area contributed by atoms with E-state index in [0.29, 0.717) is 50.6 Å². The van der Waals surface area contributed by atoms with Crippen LogP contribution in [0.3, 0.4) is 0 Å². The molecule has 0 aliphatic carbocycles. The average Bonchev–Trinajstić information content (AvgIpc) is 2.72. The largest absolute Gasteiger partial charge is 0.493 e. The second kappa shape index (κ2) is 8.01. The predicted molar refractivity (Wildman–Crippen MR) is 103 cm³/mol. The molecule has 3 aromatic rings. The van der Waals surface area contributed by atoms with Crippen molar-refractivity contribution in [2.45, 2.75) is 0 Å². The number of para-hydroxylation sites is 1. The highest BCUT2D eigenvalue weighted by atomic mass is 35.5. The van der Waals surface area contributed by atoms with Gasteiger partial charge in [0.2, 0.25) is 0 Å². The number of aldehydes is 1. The summed E-state index contributed by atoms with van der Waals surface area (Å²) in [5.74, 6) is 0.489. The fraction of sp³-hybridized carbons (Fsp3) is 0.0952. The number of ketones is 1. The molecule has 3 rings (SSSR count). The van der Waals surface area contributed by atoms with Crippen molar-refractivity contribution in [1.29, 1.82) is 0 Å². The van der Waals surface area contributed by atoms with E-state index in [9.17, 15) is 9.59 Å². The summed E-state index contributed by atoms with van der Waals surface area (Å²) < 4.78 is 10.7. The van der Waals surface area contributed by atoms with Crippen molar-refractivity contribution in [3.63, 3.8) is 0 Å². The van der Waals surface area contributed by atoms with Gasteiger partial charge in [-0.25, -0.2) is 0 Å². The van der Waals surface area contributed by atoms with Crippen LogP contribution in [0.1, 0.15) is 26.3 Å². The molecule has 0 aliphatic rings. The molecule has 0 atom stereocenters. The van der Waals surface area contributed by atoms with Crippen molar-refractivity contribution >= 4 is 23.7 Å². The van der Waals surface area contributed by atoms with E-state index in [1.165, 1.54) is 20.4 Å². The molecule has 0 saturated heterocycles. The van der Waals surface area contributed by atoms with Gasteiger partial charge in [-0.15, -0.1) is 0 Å². The zero-order valence-corrected chi connectivity index (χ0v) is 15.5. The zero-order valence-electron chi connectivity index (χ0n) is 14.7. The lowest BCUT2D eigenvalue weighted by Gasteiger charge is -2.15. The van der Waals surface area contributed by atoms with Crippen LogP contribution in [0.4, 0.5) is 0 Å². The number of methoxy groups -OCH3 is 2. The highest BCUT2D eigenvalue weighted by molar-refractivity contribution is 6.31. The normalized spacial score (nSPS) is 10.3. The number of nitrogens with zero attached hydrogens (tertiary/aromatic N) is 1. The first-order valence-electron chi connectivity index (χ1n) is 8.05. The number of pyridine rings is 1. The van der Waals surface area contributed by atoms with E-state index >= 15 is 0 Å². The lowest BCUT2D eigenvalue weighted by molar-refractivity contribution is 0.103. The highest BCUT2D eigenvalue weighted by Crippen LogP contribution is 2.35. The molecule has 0 aliphatic heterocycles. The third-order valence-electron chi connectivity index (χ3n) is 4.14. The topological polar surface area (TPSA) is 65.5 Å². The van der Waals surface area contributed by atoms with Gasteiger partial charge < -0.3 is 9.47 Å². The molecular weight excluding hydrogens is 366 g/mol. The fourth-order valence-electron chi connectivity index (χ4n) is 2.90. The van der Waals surface area contributed by atoms with Gasteiger partial charge in [-0.05, 0) is 41.5 Å². The van der Waals surface area contributed by atoms with Gasteiger partial charge in [-0.3, -0.25) is 14.6 Å². The summed E-state index contributed by atoms with van der Waals surface area (Å²) in [6.07, 6.45) is 3.73. The number of hydrogen-bond donors (Lipinski definition) is 0. The minimum absolute atomic E-state index is 0.295. The number of benzene rings is 2. The van der Waals surface area contributed by atoms with Crippen LogP contribution in [0.15, 0.2) is 54.9 Å².